The maximum atomic E-state index is 12.2. The molecule has 5 heteroatoms. The van der Waals surface area contributed by atoms with E-state index in [0.717, 1.165) is 12.8 Å². The third kappa shape index (κ3) is 3.15. The molecule has 1 aromatic rings. The van der Waals surface area contributed by atoms with Crippen molar-refractivity contribution in [3.8, 4) is 5.75 Å². The van der Waals surface area contributed by atoms with Crippen molar-refractivity contribution in [2.24, 2.45) is 0 Å². The number of carbonyl (C=O) groups is 1. The van der Waals surface area contributed by atoms with Crippen LogP contribution in [0.3, 0.4) is 0 Å². The summed E-state index contributed by atoms with van der Waals surface area (Å²) in [7, 11) is 0. The van der Waals surface area contributed by atoms with Gasteiger partial charge < -0.3 is 10.0 Å². The van der Waals surface area contributed by atoms with Crippen LogP contribution in [0.4, 0.5) is 0 Å². The molecule has 5 nitrogen and oxygen atoms in total. The van der Waals surface area contributed by atoms with Crippen molar-refractivity contribution in [1.82, 2.24) is 14.9 Å². The molecule has 1 rings (SSSR count). The summed E-state index contributed by atoms with van der Waals surface area (Å²) in [5.41, 5.74) is 0.524. The first-order valence-electron chi connectivity index (χ1n) is 5.91. The second kappa shape index (κ2) is 6.18. The molecule has 1 N–H and O–H groups in total. The van der Waals surface area contributed by atoms with E-state index in [-0.39, 0.29) is 17.4 Å². The number of nitrogens with zero attached hydrogens (tertiary/aromatic N) is 3. The van der Waals surface area contributed by atoms with E-state index in [9.17, 15) is 9.90 Å². The van der Waals surface area contributed by atoms with Crippen molar-refractivity contribution in [2.75, 3.05) is 13.1 Å². The zero-order valence-electron chi connectivity index (χ0n) is 10.6. The summed E-state index contributed by atoms with van der Waals surface area (Å²) in [6, 6.07) is 0. The molecule has 0 saturated carbocycles. The van der Waals surface area contributed by atoms with Crippen molar-refractivity contribution in [2.45, 2.75) is 33.6 Å². The Balaban J connectivity index is 2.96. The minimum Gasteiger partial charge on any atom is -0.504 e. The van der Waals surface area contributed by atoms with Gasteiger partial charge in [0, 0.05) is 13.1 Å². The van der Waals surface area contributed by atoms with Crippen LogP contribution in [0.25, 0.3) is 0 Å². The van der Waals surface area contributed by atoms with Gasteiger partial charge in [0.25, 0.3) is 5.91 Å². The van der Waals surface area contributed by atoms with Gasteiger partial charge in [-0.3, -0.25) is 4.79 Å². The Hall–Kier alpha value is -1.65. The highest BCUT2D eigenvalue weighted by molar-refractivity contribution is 5.95. The van der Waals surface area contributed by atoms with E-state index in [4.69, 9.17) is 0 Å². The summed E-state index contributed by atoms with van der Waals surface area (Å²) >= 11 is 0. The van der Waals surface area contributed by atoms with E-state index in [2.05, 4.69) is 9.97 Å². The van der Waals surface area contributed by atoms with Gasteiger partial charge in [0.15, 0.2) is 11.4 Å². The van der Waals surface area contributed by atoms with E-state index in [1.807, 2.05) is 13.8 Å². The second-order valence-electron chi connectivity index (χ2n) is 3.95. The summed E-state index contributed by atoms with van der Waals surface area (Å²) in [4.78, 5) is 21.6. The van der Waals surface area contributed by atoms with E-state index < -0.39 is 0 Å². The lowest BCUT2D eigenvalue weighted by molar-refractivity contribution is 0.0745. The van der Waals surface area contributed by atoms with Gasteiger partial charge in [-0.2, -0.15) is 0 Å². The van der Waals surface area contributed by atoms with Crippen LogP contribution in [0.5, 0.6) is 5.75 Å². The molecule has 0 spiro atoms. The molecule has 0 radical (unpaired) electrons. The summed E-state index contributed by atoms with van der Waals surface area (Å²) < 4.78 is 0. The lowest BCUT2D eigenvalue weighted by atomic mass is 10.2. The molecule has 0 atom stereocenters. The second-order valence-corrected chi connectivity index (χ2v) is 3.95. The molecule has 0 aliphatic rings. The molecule has 1 amide bonds. The highest BCUT2D eigenvalue weighted by Gasteiger charge is 2.20. The molecule has 0 aliphatic heterocycles. The Bertz CT molecular complexity index is 387. The van der Waals surface area contributed by atoms with E-state index in [1.165, 1.54) is 6.33 Å². The number of carbonyl (C=O) groups excluding carboxylic acids is 1. The van der Waals surface area contributed by atoms with Crippen molar-refractivity contribution >= 4 is 5.91 Å². The average Bonchev–Trinajstić information content (AvgIpc) is 2.31. The predicted molar refractivity (Wildman–Crippen MR) is 64.9 cm³/mol. The first-order chi connectivity index (χ1) is 8.11. The molecule has 0 bridgehead atoms. The van der Waals surface area contributed by atoms with Gasteiger partial charge >= 0.3 is 0 Å². The number of amides is 1. The fraction of sp³-hybridized carbons (Fsp3) is 0.583. The lowest BCUT2D eigenvalue weighted by Gasteiger charge is -2.21. The van der Waals surface area contributed by atoms with Gasteiger partial charge in [0.2, 0.25) is 0 Å². The first kappa shape index (κ1) is 13.4. The fourth-order valence-electron chi connectivity index (χ4n) is 1.63. The third-order valence-electron chi connectivity index (χ3n) is 2.48. The summed E-state index contributed by atoms with van der Waals surface area (Å²) in [5, 5.41) is 9.78. The maximum Gasteiger partial charge on any atom is 0.276 e. The van der Waals surface area contributed by atoms with E-state index >= 15 is 0 Å². The topological polar surface area (TPSA) is 66.3 Å². The quantitative estimate of drug-likeness (QED) is 0.847. The van der Waals surface area contributed by atoms with Crippen molar-refractivity contribution < 1.29 is 9.90 Å². The van der Waals surface area contributed by atoms with Gasteiger partial charge in [-0.05, 0) is 19.8 Å². The Labute approximate surface area is 102 Å². The number of aromatic nitrogens is 2. The van der Waals surface area contributed by atoms with Crippen molar-refractivity contribution in [1.29, 1.82) is 0 Å². The van der Waals surface area contributed by atoms with Gasteiger partial charge in [0.1, 0.15) is 6.33 Å². The lowest BCUT2D eigenvalue weighted by Crippen LogP contribution is -2.33. The molecule has 0 saturated heterocycles. The Kier molecular flexibility index (Phi) is 4.87. The number of rotatable bonds is 5. The summed E-state index contributed by atoms with van der Waals surface area (Å²) in [6.07, 6.45) is 3.07. The molecule has 94 valence electrons. The normalized spacial score (nSPS) is 10.3. The van der Waals surface area contributed by atoms with Gasteiger partial charge in [-0.1, -0.05) is 13.8 Å². The number of hydrogen-bond donors (Lipinski definition) is 1. The number of aryl methyl sites for hydroxylation is 1. The number of aromatic hydroxyl groups is 1. The molecular weight excluding hydrogens is 218 g/mol. The van der Waals surface area contributed by atoms with Crippen molar-refractivity contribution in [3.63, 3.8) is 0 Å². The van der Waals surface area contributed by atoms with Crippen LogP contribution in [0, 0.1) is 6.92 Å². The Morgan fingerprint density at radius 2 is 1.88 bits per heavy atom. The minimum atomic E-state index is -0.225. The highest BCUT2D eigenvalue weighted by Crippen LogP contribution is 2.18. The maximum absolute atomic E-state index is 12.2. The molecular formula is C12H19N3O2. The van der Waals surface area contributed by atoms with E-state index in [0.29, 0.717) is 18.8 Å². The van der Waals surface area contributed by atoms with E-state index in [1.54, 1.807) is 11.8 Å². The smallest absolute Gasteiger partial charge is 0.276 e. The van der Waals surface area contributed by atoms with Crippen LogP contribution in [-0.4, -0.2) is 39.0 Å². The molecule has 0 unspecified atom stereocenters. The van der Waals surface area contributed by atoms with Gasteiger partial charge in [-0.25, -0.2) is 9.97 Å². The summed E-state index contributed by atoms with van der Waals surface area (Å²) in [6.45, 7) is 7.03. The molecule has 1 heterocycles. The molecule has 17 heavy (non-hydrogen) atoms. The molecule has 0 fully saturated rings. The molecule has 0 aromatic carbocycles. The first-order valence-corrected chi connectivity index (χ1v) is 5.91. The fourth-order valence-corrected chi connectivity index (χ4v) is 1.63. The van der Waals surface area contributed by atoms with Crippen LogP contribution in [0.2, 0.25) is 0 Å². The third-order valence-corrected chi connectivity index (χ3v) is 2.48. The van der Waals surface area contributed by atoms with Crippen LogP contribution in [0.1, 0.15) is 42.9 Å². The van der Waals surface area contributed by atoms with Crippen molar-refractivity contribution in [3.05, 3.63) is 17.7 Å². The van der Waals surface area contributed by atoms with Gasteiger partial charge in [-0.15, -0.1) is 0 Å². The number of hydrogen-bond acceptors (Lipinski definition) is 4. The largest absolute Gasteiger partial charge is 0.504 e. The SMILES string of the molecule is CCCN(CCC)C(=O)c1ncnc(C)c1O. The predicted octanol–water partition coefficient (Wildman–Crippen LogP) is 1.75. The van der Waals surface area contributed by atoms with Crippen LogP contribution < -0.4 is 0 Å². The Morgan fingerprint density at radius 1 is 1.29 bits per heavy atom. The van der Waals surface area contributed by atoms with Gasteiger partial charge in [0.05, 0.1) is 5.69 Å². The molecule has 1 aromatic heterocycles. The monoisotopic (exact) mass is 237 g/mol. The Morgan fingerprint density at radius 3 is 2.41 bits per heavy atom. The standard InChI is InChI=1S/C12H19N3O2/c1-4-6-15(7-5-2)12(17)10-11(16)9(3)13-8-14-10/h8,16H,4-7H2,1-3H3. The zero-order chi connectivity index (χ0) is 12.8. The average molecular weight is 237 g/mol. The van der Waals surface area contributed by atoms with Crippen LogP contribution in [0.15, 0.2) is 6.33 Å². The van der Waals surface area contributed by atoms with Crippen LogP contribution in [-0.2, 0) is 0 Å². The molecule has 0 aliphatic carbocycles. The van der Waals surface area contributed by atoms with Crippen LogP contribution >= 0.6 is 0 Å². The summed E-state index contributed by atoms with van der Waals surface area (Å²) in [5.74, 6) is -0.341. The highest BCUT2D eigenvalue weighted by atomic mass is 16.3. The minimum absolute atomic E-state index is 0.0967. The zero-order valence-corrected chi connectivity index (χ0v) is 10.6.